The van der Waals surface area contributed by atoms with E-state index in [1.165, 1.54) is 12.3 Å². The molecule has 2 aromatic rings. The molecule has 6 nitrogen and oxygen atoms in total. The van der Waals surface area contributed by atoms with Gasteiger partial charge in [0.15, 0.2) is 18.1 Å². The Hall–Kier alpha value is -3.48. The van der Waals surface area contributed by atoms with Gasteiger partial charge in [0, 0.05) is 11.9 Å². The van der Waals surface area contributed by atoms with Crippen molar-refractivity contribution in [3.05, 3.63) is 88.8 Å². The number of hydrogen-bond donors (Lipinski definition) is 2. The van der Waals surface area contributed by atoms with Crippen LogP contribution in [0.15, 0.2) is 60.8 Å². The van der Waals surface area contributed by atoms with E-state index in [9.17, 15) is 9.18 Å². The molecule has 2 heterocycles. The zero-order valence-electron chi connectivity index (χ0n) is 16.0. The molecule has 2 N–H and O–H groups in total. The zero-order chi connectivity index (χ0) is 20.1. The Morgan fingerprint density at radius 3 is 2.86 bits per heavy atom. The van der Waals surface area contributed by atoms with E-state index in [2.05, 4.69) is 20.9 Å². The van der Waals surface area contributed by atoms with Crippen LogP contribution in [-0.2, 0) is 0 Å². The fourth-order valence-corrected chi connectivity index (χ4v) is 2.60. The quantitative estimate of drug-likeness (QED) is 0.718. The molecule has 7 heteroatoms. The fraction of sp³-hybridized carbons (Fsp3) is 0.190. The summed E-state index contributed by atoms with van der Waals surface area (Å²) in [6.07, 6.45) is 8.78. The fourth-order valence-electron chi connectivity index (χ4n) is 2.60. The summed E-state index contributed by atoms with van der Waals surface area (Å²) in [5.74, 6) is -0.914. The largest absolute Gasteiger partial charge is 0.683 e. The predicted molar refractivity (Wildman–Crippen MR) is 108 cm³/mol. The number of halogens is 1. The zero-order valence-corrected chi connectivity index (χ0v) is 16.0. The molecule has 144 valence electrons. The number of aryl methyl sites for hydroxylation is 1. The van der Waals surface area contributed by atoms with Gasteiger partial charge < -0.3 is 16.0 Å². The molecule has 0 saturated carbocycles. The third-order valence-corrected chi connectivity index (χ3v) is 4.23. The van der Waals surface area contributed by atoms with Crippen LogP contribution >= 0.6 is 0 Å². The maximum absolute atomic E-state index is 13.6. The van der Waals surface area contributed by atoms with Gasteiger partial charge in [-0.3, -0.25) is 9.78 Å². The Morgan fingerprint density at radius 2 is 2.14 bits per heavy atom. The monoisotopic (exact) mass is 379 g/mol. The van der Waals surface area contributed by atoms with Gasteiger partial charge in [0.1, 0.15) is 12.9 Å². The molecule has 0 saturated heterocycles. The third kappa shape index (κ3) is 4.82. The Bertz CT molecular complexity index is 981. The van der Waals surface area contributed by atoms with E-state index in [4.69, 9.17) is 0 Å². The first-order valence-electron chi connectivity index (χ1n) is 8.86. The van der Waals surface area contributed by atoms with Crippen LogP contribution in [0.25, 0.3) is 5.32 Å². The second-order valence-electron chi connectivity index (χ2n) is 6.53. The van der Waals surface area contributed by atoms with Gasteiger partial charge >= 0.3 is 0 Å². The SMILES string of the molecule is Cc1ncc(C(=O)Nc2cccc(C(C)[N-]C=CNC3=C[N+](C)=C3)c2)cc1F. The Balaban J connectivity index is 1.58. The van der Waals surface area contributed by atoms with Gasteiger partial charge in [-0.05, 0) is 31.3 Å². The first-order valence-corrected chi connectivity index (χ1v) is 8.86. The lowest BCUT2D eigenvalue weighted by Gasteiger charge is -2.26. The number of rotatable bonds is 7. The summed E-state index contributed by atoms with van der Waals surface area (Å²) in [5, 5.41) is 10.4. The highest BCUT2D eigenvalue weighted by atomic mass is 19.1. The number of hydrogen-bond acceptors (Lipinski definition) is 3. The average Bonchev–Trinajstić information content (AvgIpc) is 2.65. The van der Waals surface area contributed by atoms with Crippen molar-refractivity contribution in [2.75, 3.05) is 12.4 Å². The number of pyridine rings is 1. The lowest BCUT2D eigenvalue weighted by molar-refractivity contribution is -0.429. The molecule has 1 aromatic carbocycles. The summed E-state index contributed by atoms with van der Waals surface area (Å²) in [5.41, 5.74) is 3.02. The smallest absolute Gasteiger partial charge is 0.257 e. The van der Waals surface area contributed by atoms with Gasteiger partial charge in [-0.1, -0.05) is 30.7 Å². The van der Waals surface area contributed by atoms with E-state index < -0.39 is 11.7 Å². The summed E-state index contributed by atoms with van der Waals surface area (Å²) >= 11 is 0. The lowest BCUT2D eigenvalue weighted by Crippen LogP contribution is -2.21. The van der Waals surface area contributed by atoms with Crippen molar-refractivity contribution >= 4 is 17.8 Å². The second-order valence-corrected chi connectivity index (χ2v) is 6.53. The van der Waals surface area contributed by atoms with Crippen LogP contribution in [0, 0.1) is 12.7 Å². The van der Waals surface area contributed by atoms with Crippen molar-refractivity contribution < 1.29 is 13.8 Å². The van der Waals surface area contributed by atoms with Gasteiger partial charge in [-0.2, -0.15) is 6.20 Å². The highest BCUT2D eigenvalue weighted by Crippen LogP contribution is 2.24. The second kappa shape index (κ2) is 8.47. The normalized spacial score (nSPS) is 14.0. The third-order valence-electron chi connectivity index (χ3n) is 4.23. The molecule has 0 spiro atoms. The van der Waals surface area contributed by atoms with Crippen molar-refractivity contribution in [1.82, 2.24) is 10.3 Å². The van der Waals surface area contributed by atoms with E-state index in [-0.39, 0.29) is 17.3 Å². The van der Waals surface area contributed by atoms with Crippen molar-refractivity contribution in [1.29, 1.82) is 0 Å². The number of carbonyl (C=O) groups excluding carboxylic acids is 1. The molecule has 1 aliphatic heterocycles. The number of amides is 1. The Kier molecular flexibility index (Phi) is 5.84. The number of nitrogens with one attached hydrogen (secondary N) is 2. The Morgan fingerprint density at radius 1 is 1.36 bits per heavy atom. The van der Waals surface area contributed by atoms with E-state index in [0.29, 0.717) is 5.69 Å². The first kappa shape index (κ1) is 19.3. The summed E-state index contributed by atoms with van der Waals surface area (Å²) in [4.78, 5) is 16.2. The molecular weight excluding hydrogens is 357 g/mol. The molecule has 3 rings (SSSR count). The van der Waals surface area contributed by atoms with Gasteiger partial charge in [0.2, 0.25) is 0 Å². The molecule has 1 amide bonds. The molecule has 0 aliphatic carbocycles. The summed E-state index contributed by atoms with van der Waals surface area (Å²) in [6, 6.07) is 8.51. The van der Waals surface area contributed by atoms with Crippen LogP contribution in [0.3, 0.4) is 0 Å². The molecule has 28 heavy (non-hydrogen) atoms. The minimum absolute atomic E-state index is 0.0876. The van der Waals surface area contributed by atoms with Gasteiger partial charge in [-0.25, -0.2) is 8.97 Å². The lowest BCUT2D eigenvalue weighted by atomic mass is 10.1. The van der Waals surface area contributed by atoms with Gasteiger partial charge in [0.05, 0.1) is 11.3 Å². The number of anilines is 1. The molecule has 1 unspecified atom stereocenters. The van der Waals surface area contributed by atoms with Crippen LogP contribution in [-0.4, -0.2) is 28.7 Å². The number of nitrogens with zero attached hydrogens (tertiary/aromatic N) is 3. The molecule has 0 fully saturated rings. The molecular formula is C21H22FN5O. The van der Waals surface area contributed by atoms with E-state index in [1.54, 1.807) is 25.4 Å². The number of carbonyl (C=O) groups is 1. The van der Waals surface area contributed by atoms with Gasteiger partial charge in [0.25, 0.3) is 5.91 Å². The van der Waals surface area contributed by atoms with Crippen molar-refractivity contribution in [2.45, 2.75) is 19.9 Å². The summed E-state index contributed by atoms with van der Waals surface area (Å²) in [6.45, 7) is 3.52. The predicted octanol–water partition coefficient (Wildman–Crippen LogP) is 3.85. The van der Waals surface area contributed by atoms with Crippen molar-refractivity contribution in [3.63, 3.8) is 0 Å². The van der Waals surface area contributed by atoms with Crippen LogP contribution in [0.2, 0.25) is 0 Å². The van der Waals surface area contributed by atoms with Crippen LogP contribution in [0.5, 0.6) is 0 Å². The highest BCUT2D eigenvalue weighted by molar-refractivity contribution is 6.04. The molecule has 1 aliphatic rings. The maximum atomic E-state index is 13.6. The molecule has 1 atom stereocenters. The van der Waals surface area contributed by atoms with E-state index in [0.717, 1.165) is 11.3 Å². The highest BCUT2D eigenvalue weighted by Gasteiger charge is 2.10. The maximum Gasteiger partial charge on any atom is 0.257 e. The van der Waals surface area contributed by atoms with Crippen LogP contribution < -0.4 is 10.6 Å². The molecule has 1 aromatic heterocycles. The van der Waals surface area contributed by atoms with Crippen LogP contribution in [0.4, 0.5) is 10.1 Å². The van der Waals surface area contributed by atoms with E-state index >= 15 is 0 Å². The topological polar surface area (TPSA) is 71.1 Å². The summed E-state index contributed by atoms with van der Waals surface area (Å²) < 4.78 is 15.6. The molecule has 0 radical (unpaired) electrons. The van der Waals surface area contributed by atoms with E-state index in [1.807, 2.05) is 49.2 Å². The number of benzene rings is 1. The summed E-state index contributed by atoms with van der Waals surface area (Å²) in [7, 11) is 1.96. The van der Waals surface area contributed by atoms with Crippen molar-refractivity contribution in [2.24, 2.45) is 0 Å². The minimum atomic E-state index is -0.504. The first-order chi connectivity index (χ1) is 13.4. The van der Waals surface area contributed by atoms with Crippen molar-refractivity contribution in [3.8, 4) is 0 Å². The minimum Gasteiger partial charge on any atom is -0.683 e. The molecule has 0 bridgehead atoms. The average molecular weight is 379 g/mol. The number of allylic oxidation sites excluding steroid dienone is 1. The van der Waals surface area contributed by atoms with Gasteiger partial charge in [-0.15, -0.1) is 0 Å². The number of aromatic nitrogens is 1. The standard InChI is InChI=1S/C21H22FN5O/c1-14(23-7-8-24-19-12-27(3)13-19)16-5-4-6-18(9-16)26-21(28)17-10-20(22)15(2)25-11-17/h4-14,24H,1-3H3,(H,26,28). The Labute approximate surface area is 163 Å². The van der Waals surface area contributed by atoms with Crippen LogP contribution in [0.1, 0.15) is 34.6 Å².